The quantitative estimate of drug-likeness (QED) is 0.654. The Balaban J connectivity index is 1.28. The van der Waals surface area contributed by atoms with Crippen molar-refractivity contribution in [2.45, 2.75) is 25.8 Å². The molecular formula is C21H25N5O. The summed E-state index contributed by atoms with van der Waals surface area (Å²) < 4.78 is 2.22. The van der Waals surface area contributed by atoms with E-state index < -0.39 is 0 Å². The van der Waals surface area contributed by atoms with Crippen molar-refractivity contribution >= 4 is 28.4 Å². The van der Waals surface area contributed by atoms with Crippen molar-refractivity contribution < 1.29 is 4.79 Å². The lowest BCUT2D eigenvalue weighted by molar-refractivity contribution is 0.252. The lowest BCUT2D eigenvalue weighted by Gasteiger charge is -2.20. The van der Waals surface area contributed by atoms with Crippen LogP contribution >= 0.6 is 0 Å². The predicted molar refractivity (Wildman–Crippen MR) is 109 cm³/mol. The van der Waals surface area contributed by atoms with Crippen LogP contribution in [0.1, 0.15) is 19.3 Å². The molecule has 2 aromatic heterocycles. The third-order valence-corrected chi connectivity index (χ3v) is 4.98. The lowest BCUT2D eigenvalue weighted by Crippen LogP contribution is -2.31. The minimum Gasteiger partial charge on any atom is -0.355 e. The molecule has 1 aliphatic rings. The molecule has 0 radical (unpaired) electrons. The second-order valence-electron chi connectivity index (χ2n) is 6.87. The third-order valence-electron chi connectivity index (χ3n) is 4.98. The molecule has 0 saturated carbocycles. The summed E-state index contributed by atoms with van der Waals surface area (Å²) in [6.07, 6.45) is 7.10. The normalized spacial score (nSPS) is 13.9. The molecule has 27 heavy (non-hydrogen) atoms. The summed E-state index contributed by atoms with van der Waals surface area (Å²) in [4.78, 5) is 19.0. The van der Waals surface area contributed by atoms with Crippen molar-refractivity contribution in [1.82, 2.24) is 14.9 Å². The first kappa shape index (κ1) is 17.4. The van der Waals surface area contributed by atoms with Crippen molar-refractivity contribution in [3.05, 3.63) is 54.9 Å². The molecule has 0 spiro atoms. The van der Waals surface area contributed by atoms with Gasteiger partial charge in [-0.2, -0.15) is 0 Å². The summed E-state index contributed by atoms with van der Waals surface area (Å²) in [6, 6.07) is 14.0. The monoisotopic (exact) mass is 363 g/mol. The minimum absolute atomic E-state index is 0.180. The van der Waals surface area contributed by atoms with Crippen LogP contribution in [0.3, 0.4) is 0 Å². The molecule has 1 aliphatic heterocycles. The molecule has 0 aliphatic carbocycles. The summed E-state index contributed by atoms with van der Waals surface area (Å²) >= 11 is 0. The number of aryl methyl sites for hydroxylation is 1. The summed E-state index contributed by atoms with van der Waals surface area (Å²) in [7, 11) is 0. The van der Waals surface area contributed by atoms with Crippen LogP contribution in [-0.2, 0) is 6.54 Å². The van der Waals surface area contributed by atoms with Crippen LogP contribution in [0, 0.1) is 0 Å². The molecule has 0 atom stereocenters. The number of hydrogen-bond acceptors (Lipinski definition) is 3. The standard InChI is InChI=1S/C21H25N5O/c27-21(24-18-8-5-11-22-20(18)26-13-3-4-14-26)23-12-6-15-25-16-10-17-7-1-2-9-19(17)25/h1-2,5,7-11,16H,3-4,6,12-15H2,(H2,23,24,27). The number of para-hydroxylation sites is 1. The van der Waals surface area contributed by atoms with Crippen LogP contribution in [0.25, 0.3) is 10.9 Å². The maximum Gasteiger partial charge on any atom is 0.319 e. The van der Waals surface area contributed by atoms with E-state index >= 15 is 0 Å². The Hall–Kier alpha value is -3.02. The molecule has 2 N–H and O–H groups in total. The van der Waals surface area contributed by atoms with Crippen LogP contribution in [0.15, 0.2) is 54.9 Å². The maximum absolute atomic E-state index is 12.3. The first-order valence-electron chi connectivity index (χ1n) is 9.60. The van der Waals surface area contributed by atoms with Gasteiger partial charge in [-0.1, -0.05) is 18.2 Å². The number of fused-ring (bicyclic) bond motifs is 1. The highest BCUT2D eigenvalue weighted by Gasteiger charge is 2.17. The Labute approximate surface area is 159 Å². The van der Waals surface area contributed by atoms with Gasteiger partial charge in [0.15, 0.2) is 5.82 Å². The van der Waals surface area contributed by atoms with Crippen LogP contribution < -0.4 is 15.5 Å². The van der Waals surface area contributed by atoms with Crippen LogP contribution in [0.5, 0.6) is 0 Å². The molecule has 1 fully saturated rings. The van der Waals surface area contributed by atoms with E-state index in [-0.39, 0.29) is 6.03 Å². The average molecular weight is 363 g/mol. The van der Waals surface area contributed by atoms with Gasteiger partial charge in [-0.15, -0.1) is 0 Å². The van der Waals surface area contributed by atoms with Crippen molar-refractivity contribution in [3.63, 3.8) is 0 Å². The summed E-state index contributed by atoms with van der Waals surface area (Å²) in [5.41, 5.74) is 2.00. The van der Waals surface area contributed by atoms with Crippen molar-refractivity contribution in [2.75, 3.05) is 29.9 Å². The van der Waals surface area contributed by atoms with Gasteiger partial charge in [0.1, 0.15) is 0 Å². The summed E-state index contributed by atoms with van der Waals surface area (Å²) in [6.45, 7) is 3.49. The molecule has 1 aromatic carbocycles. The van der Waals surface area contributed by atoms with Crippen LogP contribution in [-0.4, -0.2) is 35.2 Å². The molecule has 0 bridgehead atoms. The zero-order valence-electron chi connectivity index (χ0n) is 15.4. The van der Waals surface area contributed by atoms with Gasteiger partial charge in [0.2, 0.25) is 0 Å². The smallest absolute Gasteiger partial charge is 0.319 e. The Kier molecular flexibility index (Phi) is 5.23. The fourth-order valence-corrected chi connectivity index (χ4v) is 3.63. The molecular weight excluding hydrogens is 338 g/mol. The number of hydrogen-bond donors (Lipinski definition) is 2. The van der Waals surface area contributed by atoms with Gasteiger partial charge in [-0.05, 0) is 48.9 Å². The van der Waals surface area contributed by atoms with E-state index in [0.717, 1.165) is 37.6 Å². The molecule has 3 aromatic rings. The number of anilines is 2. The third kappa shape index (κ3) is 4.05. The van der Waals surface area contributed by atoms with E-state index in [1.54, 1.807) is 6.20 Å². The highest BCUT2D eigenvalue weighted by molar-refractivity contribution is 5.92. The minimum atomic E-state index is -0.180. The number of pyridine rings is 1. The molecule has 4 rings (SSSR count). The van der Waals surface area contributed by atoms with E-state index in [9.17, 15) is 4.79 Å². The maximum atomic E-state index is 12.3. The number of nitrogens with one attached hydrogen (secondary N) is 2. The second kappa shape index (κ2) is 8.12. The number of rotatable bonds is 6. The van der Waals surface area contributed by atoms with Crippen molar-refractivity contribution in [2.24, 2.45) is 0 Å². The van der Waals surface area contributed by atoms with Crippen LogP contribution in [0.2, 0.25) is 0 Å². The predicted octanol–water partition coefficient (Wildman–Crippen LogP) is 3.85. The van der Waals surface area contributed by atoms with E-state index in [2.05, 4.69) is 55.5 Å². The fraction of sp³-hybridized carbons (Fsp3) is 0.333. The van der Waals surface area contributed by atoms with Crippen molar-refractivity contribution in [1.29, 1.82) is 0 Å². The number of urea groups is 1. The Bertz CT molecular complexity index is 914. The largest absolute Gasteiger partial charge is 0.355 e. The molecule has 140 valence electrons. The highest BCUT2D eigenvalue weighted by Crippen LogP contribution is 2.25. The number of nitrogens with zero attached hydrogens (tertiary/aromatic N) is 3. The van der Waals surface area contributed by atoms with Gasteiger partial charge < -0.3 is 20.1 Å². The Morgan fingerprint density at radius 3 is 2.81 bits per heavy atom. The first-order valence-corrected chi connectivity index (χ1v) is 9.60. The molecule has 1 saturated heterocycles. The topological polar surface area (TPSA) is 62.2 Å². The van der Waals surface area contributed by atoms with Gasteiger partial charge in [0, 0.05) is 44.1 Å². The van der Waals surface area contributed by atoms with Gasteiger partial charge in [0.05, 0.1) is 5.69 Å². The number of benzene rings is 1. The van der Waals surface area contributed by atoms with Crippen LogP contribution in [0.4, 0.5) is 16.3 Å². The molecule has 0 unspecified atom stereocenters. The van der Waals surface area contributed by atoms with Gasteiger partial charge in [-0.3, -0.25) is 0 Å². The first-order chi connectivity index (χ1) is 13.3. The van der Waals surface area contributed by atoms with E-state index in [0.29, 0.717) is 6.54 Å². The Morgan fingerprint density at radius 1 is 1.07 bits per heavy atom. The highest BCUT2D eigenvalue weighted by atomic mass is 16.2. The zero-order valence-corrected chi connectivity index (χ0v) is 15.4. The van der Waals surface area contributed by atoms with Crippen molar-refractivity contribution in [3.8, 4) is 0 Å². The van der Waals surface area contributed by atoms with E-state index in [4.69, 9.17) is 0 Å². The number of amides is 2. The van der Waals surface area contributed by atoms with E-state index in [1.165, 1.54) is 23.7 Å². The zero-order chi connectivity index (χ0) is 18.5. The molecule has 3 heterocycles. The van der Waals surface area contributed by atoms with Gasteiger partial charge in [0.25, 0.3) is 0 Å². The average Bonchev–Trinajstić information content (AvgIpc) is 3.36. The van der Waals surface area contributed by atoms with Gasteiger partial charge in [-0.25, -0.2) is 9.78 Å². The molecule has 6 heteroatoms. The number of aromatic nitrogens is 2. The SMILES string of the molecule is O=C(NCCCn1ccc2ccccc21)Nc1cccnc1N1CCCC1. The summed E-state index contributed by atoms with van der Waals surface area (Å²) in [5.74, 6) is 0.865. The number of carbonyl (C=O) groups is 1. The second-order valence-corrected chi connectivity index (χ2v) is 6.87. The molecule has 6 nitrogen and oxygen atoms in total. The Morgan fingerprint density at radius 2 is 1.93 bits per heavy atom. The lowest BCUT2D eigenvalue weighted by atomic mass is 10.2. The fourth-order valence-electron chi connectivity index (χ4n) is 3.63. The molecule has 2 amide bonds. The number of carbonyl (C=O) groups excluding carboxylic acids is 1. The van der Waals surface area contributed by atoms with Gasteiger partial charge >= 0.3 is 6.03 Å². The summed E-state index contributed by atoms with van der Waals surface area (Å²) in [5, 5.41) is 7.14. The van der Waals surface area contributed by atoms with E-state index in [1.807, 2.05) is 18.2 Å².